The Labute approximate surface area is 202 Å². The van der Waals surface area contributed by atoms with Gasteiger partial charge in [-0.3, -0.25) is 9.59 Å². The maximum Gasteiger partial charge on any atom is 0.255 e. The molecule has 4 rings (SSSR count). The third kappa shape index (κ3) is 5.22. The number of aromatic nitrogens is 2. The fraction of sp³-hybridized carbons (Fsp3) is 0.185. The predicted molar refractivity (Wildman–Crippen MR) is 138 cm³/mol. The molecule has 35 heavy (non-hydrogen) atoms. The van der Waals surface area contributed by atoms with Crippen LogP contribution in [-0.4, -0.2) is 35.6 Å². The fourth-order valence-electron chi connectivity index (χ4n) is 3.73. The van der Waals surface area contributed by atoms with Crippen LogP contribution in [0.25, 0.3) is 21.8 Å². The van der Waals surface area contributed by atoms with E-state index in [9.17, 15) is 14.7 Å². The van der Waals surface area contributed by atoms with Crippen molar-refractivity contribution in [2.24, 2.45) is 0 Å². The van der Waals surface area contributed by atoms with Crippen molar-refractivity contribution in [3.05, 3.63) is 94.5 Å². The van der Waals surface area contributed by atoms with E-state index in [1.165, 1.54) is 16.7 Å². The molecule has 4 aromatic rings. The van der Waals surface area contributed by atoms with Crippen molar-refractivity contribution in [2.45, 2.75) is 13.1 Å². The minimum Gasteiger partial charge on any atom is -0.507 e. The molecule has 2 aromatic heterocycles. The first-order chi connectivity index (χ1) is 16.9. The van der Waals surface area contributed by atoms with E-state index in [0.29, 0.717) is 41.2 Å². The molecule has 2 aromatic carbocycles. The number of methoxy groups -OCH3 is 3. The van der Waals surface area contributed by atoms with Crippen LogP contribution in [0.5, 0.6) is 23.0 Å². The highest BCUT2D eigenvalue weighted by molar-refractivity contribution is 5.87. The molecular weight excluding hydrogens is 448 g/mol. The Balaban J connectivity index is 0.000000196. The molecule has 0 saturated heterocycles. The summed E-state index contributed by atoms with van der Waals surface area (Å²) in [5.41, 5.74) is 1.03. The van der Waals surface area contributed by atoms with Gasteiger partial charge in [0.05, 0.1) is 32.4 Å². The smallest absolute Gasteiger partial charge is 0.255 e. The minimum absolute atomic E-state index is 0.0204. The lowest BCUT2D eigenvalue weighted by Gasteiger charge is -2.12. The summed E-state index contributed by atoms with van der Waals surface area (Å²) in [6.45, 7) is 8.12. The number of hydrogen-bond donors (Lipinski definition) is 1. The van der Waals surface area contributed by atoms with E-state index in [-0.39, 0.29) is 16.9 Å². The second kappa shape index (κ2) is 11.1. The molecule has 1 N–H and O–H groups in total. The molecule has 0 amide bonds. The zero-order valence-electron chi connectivity index (χ0n) is 20.0. The van der Waals surface area contributed by atoms with Gasteiger partial charge in [0.1, 0.15) is 23.0 Å². The van der Waals surface area contributed by atoms with Crippen molar-refractivity contribution in [3.63, 3.8) is 0 Å². The van der Waals surface area contributed by atoms with E-state index in [1.807, 2.05) is 18.2 Å². The second-order valence-electron chi connectivity index (χ2n) is 7.48. The monoisotopic (exact) mass is 476 g/mol. The van der Waals surface area contributed by atoms with E-state index in [4.69, 9.17) is 14.2 Å². The first kappa shape index (κ1) is 25.2. The average Bonchev–Trinajstić information content (AvgIpc) is 2.87. The van der Waals surface area contributed by atoms with Gasteiger partial charge in [0, 0.05) is 48.1 Å². The van der Waals surface area contributed by atoms with Gasteiger partial charge in [-0.1, -0.05) is 12.2 Å². The van der Waals surface area contributed by atoms with Crippen LogP contribution in [0.2, 0.25) is 0 Å². The van der Waals surface area contributed by atoms with E-state index >= 15 is 0 Å². The highest BCUT2D eigenvalue weighted by atomic mass is 16.5. The van der Waals surface area contributed by atoms with Crippen LogP contribution in [0.1, 0.15) is 0 Å². The maximum absolute atomic E-state index is 12.0. The first-order valence-corrected chi connectivity index (χ1v) is 10.8. The number of benzene rings is 2. The molecule has 0 radical (unpaired) electrons. The molecule has 0 fully saturated rings. The summed E-state index contributed by atoms with van der Waals surface area (Å²) in [7, 11) is 4.70. The summed E-state index contributed by atoms with van der Waals surface area (Å²) in [5.74, 6) is 1.89. The molecule has 0 bridgehead atoms. The summed E-state index contributed by atoms with van der Waals surface area (Å²) in [5, 5.41) is 11.2. The number of hydrogen-bond acceptors (Lipinski definition) is 6. The Hall–Kier alpha value is -4.46. The molecule has 0 saturated carbocycles. The molecule has 8 nitrogen and oxygen atoms in total. The lowest BCUT2D eigenvalue weighted by atomic mass is 10.2. The molecule has 0 aliphatic rings. The van der Waals surface area contributed by atoms with E-state index in [1.54, 1.807) is 56.2 Å². The zero-order valence-corrected chi connectivity index (χ0v) is 20.0. The van der Waals surface area contributed by atoms with Crippen molar-refractivity contribution in [1.29, 1.82) is 0 Å². The molecule has 0 unspecified atom stereocenters. The SMILES string of the molecule is C=CCn1c(=O)cc(O)c2ccc(OC)cc21.C=CCn1c(=O)cc(OC)c2ccc(OC)cc21. The fourth-order valence-corrected chi connectivity index (χ4v) is 3.73. The molecule has 0 aliphatic heterocycles. The van der Waals surface area contributed by atoms with E-state index in [0.717, 1.165) is 10.9 Å². The number of rotatable bonds is 7. The number of allylic oxidation sites excluding steroid dienone is 2. The second-order valence-corrected chi connectivity index (χ2v) is 7.48. The molecule has 2 heterocycles. The van der Waals surface area contributed by atoms with Crippen molar-refractivity contribution < 1.29 is 19.3 Å². The Morgan fingerprint density at radius 3 is 1.71 bits per heavy atom. The van der Waals surface area contributed by atoms with Crippen LogP contribution in [0, 0.1) is 0 Å². The van der Waals surface area contributed by atoms with Crippen molar-refractivity contribution >= 4 is 21.8 Å². The topological polar surface area (TPSA) is 91.9 Å². The summed E-state index contributed by atoms with van der Waals surface area (Å²) >= 11 is 0. The Bertz CT molecular complexity index is 1500. The molecule has 0 atom stereocenters. The number of aromatic hydroxyl groups is 1. The summed E-state index contributed by atoms with van der Waals surface area (Å²) < 4.78 is 18.7. The van der Waals surface area contributed by atoms with Gasteiger partial charge in [0.15, 0.2) is 0 Å². The van der Waals surface area contributed by atoms with Gasteiger partial charge in [0.25, 0.3) is 11.1 Å². The molecule has 8 heteroatoms. The van der Waals surface area contributed by atoms with Gasteiger partial charge in [-0.25, -0.2) is 0 Å². The number of pyridine rings is 2. The van der Waals surface area contributed by atoms with Crippen molar-refractivity contribution in [3.8, 4) is 23.0 Å². The maximum atomic E-state index is 12.0. The van der Waals surface area contributed by atoms with Crippen LogP contribution in [-0.2, 0) is 13.1 Å². The molecule has 0 spiro atoms. The Morgan fingerprint density at radius 2 is 1.23 bits per heavy atom. The van der Waals surface area contributed by atoms with E-state index in [2.05, 4.69) is 13.2 Å². The number of ether oxygens (including phenoxy) is 3. The van der Waals surface area contributed by atoms with Gasteiger partial charge >= 0.3 is 0 Å². The van der Waals surface area contributed by atoms with Gasteiger partial charge < -0.3 is 28.5 Å². The quantitative estimate of drug-likeness (QED) is 0.404. The number of fused-ring (bicyclic) bond motifs is 2. The Kier molecular flexibility index (Phi) is 7.99. The first-order valence-electron chi connectivity index (χ1n) is 10.8. The molecular formula is C27H28N2O6. The summed E-state index contributed by atoms with van der Waals surface area (Å²) in [6, 6.07) is 13.4. The summed E-state index contributed by atoms with van der Waals surface area (Å²) in [6.07, 6.45) is 3.32. The largest absolute Gasteiger partial charge is 0.507 e. The van der Waals surface area contributed by atoms with Crippen LogP contribution in [0.4, 0.5) is 0 Å². The molecule has 0 aliphatic carbocycles. The third-order valence-electron chi connectivity index (χ3n) is 5.42. The van der Waals surface area contributed by atoms with Gasteiger partial charge in [0.2, 0.25) is 0 Å². The predicted octanol–water partition coefficient (Wildman–Crippen LogP) is 4.11. The normalized spacial score (nSPS) is 10.4. The zero-order chi connectivity index (χ0) is 25.5. The van der Waals surface area contributed by atoms with Crippen LogP contribution >= 0.6 is 0 Å². The highest BCUT2D eigenvalue weighted by Crippen LogP contribution is 2.27. The number of nitrogens with zero attached hydrogens (tertiary/aromatic N) is 2. The van der Waals surface area contributed by atoms with Crippen LogP contribution in [0.15, 0.2) is 83.4 Å². The highest BCUT2D eigenvalue weighted by Gasteiger charge is 2.10. The summed E-state index contributed by atoms with van der Waals surface area (Å²) in [4.78, 5) is 23.8. The average molecular weight is 477 g/mol. The van der Waals surface area contributed by atoms with Crippen LogP contribution in [0.3, 0.4) is 0 Å². The lowest BCUT2D eigenvalue weighted by Crippen LogP contribution is -2.19. The lowest BCUT2D eigenvalue weighted by molar-refractivity contribution is 0.413. The van der Waals surface area contributed by atoms with Crippen molar-refractivity contribution in [2.75, 3.05) is 21.3 Å². The van der Waals surface area contributed by atoms with Gasteiger partial charge in [-0.2, -0.15) is 0 Å². The Morgan fingerprint density at radius 1 is 0.743 bits per heavy atom. The van der Waals surface area contributed by atoms with E-state index < -0.39 is 0 Å². The van der Waals surface area contributed by atoms with Crippen LogP contribution < -0.4 is 25.3 Å². The standard InChI is InChI=1S/C14H15NO3.C13H13NO3/c1-4-7-15-12-8-10(17-2)5-6-11(12)13(18-3)9-14(15)16;1-3-6-14-11-7-9(17-2)4-5-10(11)12(15)8-13(14)16/h4-6,8-9H,1,7H2,2-3H3;3-5,7-8,15H,1,6H2,2H3. The molecule has 182 valence electrons. The minimum atomic E-state index is -0.261. The van der Waals surface area contributed by atoms with Gasteiger partial charge in [-0.05, 0) is 24.3 Å². The third-order valence-corrected chi connectivity index (χ3v) is 5.42. The van der Waals surface area contributed by atoms with Crippen molar-refractivity contribution in [1.82, 2.24) is 9.13 Å². The van der Waals surface area contributed by atoms with Gasteiger partial charge in [-0.15, -0.1) is 13.2 Å².